The third-order valence-electron chi connectivity index (χ3n) is 6.39. The molecular formula is C25H26FN7O4. The number of hydrogen-bond donors (Lipinski definition) is 1. The summed E-state index contributed by atoms with van der Waals surface area (Å²) in [5, 5.41) is 10.3. The Morgan fingerprint density at radius 1 is 1.08 bits per heavy atom. The maximum absolute atomic E-state index is 15.1. The van der Waals surface area contributed by atoms with E-state index in [0.29, 0.717) is 49.7 Å². The highest BCUT2D eigenvalue weighted by atomic mass is 19.1. The molecule has 0 unspecified atom stereocenters. The fourth-order valence-electron chi connectivity index (χ4n) is 4.44. The van der Waals surface area contributed by atoms with Gasteiger partial charge in [0.1, 0.15) is 11.9 Å². The largest absolute Gasteiger partial charge is 0.442 e. The van der Waals surface area contributed by atoms with Gasteiger partial charge in [0.05, 0.1) is 37.2 Å². The summed E-state index contributed by atoms with van der Waals surface area (Å²) in [6, 6.07) is 13.4. The van der Waals surface area contributed by atoms with E-state index in [0.717, 1.165) is 0 Å². The first-order chi connectivity index (χ1) is 18.0. The van der Waals surface area contributed by atoms with Gasteiger partial charge in [0.2, 0.25) is 5.91 Å². The van der Waals surface area contributed by atoms with Crippen molar-refractivity contribution >= 4 is 29.3 Å². The van der Waals surface area contributed by atoms with Crippen molar-refractivity contribution in [2.45, 2.75) is 12.6 Å². The molecule has 2 aliphatic heterocycles. The molecular weight excluding hydrogens is 481 g/mol. The van der Waals surface area contributed by atoms with E-state index < -0.39 is 18.0 Å². The number of piperazine rings is 1. The molecule has 2 saturated heterocycles. The predicted molar refractivity (Wildman–Crippen MR) is 132 cm³/mol. The molecule has 12 heteroatoms. The van der Waals surface area contributed by atoms with E-state index in [1.165, 1.54) is 11.0 Å². The average Bonchev–Trinajstić information content (AvgIpc) is 3.57. The number of rotatable bonds is 7. The Morgan fingerprint density at radius 3 is 2.57 bits per heavy atom. The van der Waals surface area contributed by atoms with Crippen molar-refractivity contribution in [3.8, 4) is 0 Å². The van der Waals surface area contributed by atoms with Crippen LogP contribution in [0.3, 0.4) is 0 Å². The minimum absolute atomic E-state index is 0.0966. The predicted octanol–water partition coefficient (Wildman–Crippen LogP) is 1.52. The fourth-order valence-corrected chi connectivity index (χ4v) is 4.44. The molecule has 0 bridgehead atoms. The minimum atomic E-state index is -0.538. The van der Waals surface area contributed by atoms with Crippen LogP contribution >= 0.6 is 0 Å². The zero-order valence-electron chi connectivity index (χ0n) is 20.0. The third kappa shape index (κ3) is 5.52. The van der Waals surface area contributed by atoms with Crippen LogP contribution in [-0.2, 0) is 16.1 Å². The summed E-state index contributed by atoms with van der Waals surface area (Å²) in [4.78, 5) is 42.0. The molecule has 11 nitrogen and oxygen atoms in total. The van der Waals surface area contributed by atoms with E-state index in [4.69, 9.17) is 4.74 Å². The maximum atomic E-state index is 15.1. The second-order valence-electron chi connectivity index (χ2n) is 8.79. The number of carbonyl (C=O) groups is 3. The van der Waals surface area contributed by atoms with Crippen LogP contribution < -0.4 is 15.1 Å². The molecule has 37 heavy (non-hydrogen) atoms. The molecule has 2 aliphatic rings. The molecule has 1 N–H and O–H groups in total. The summed E-state index contributed by atoms with van der Waals surface area (Å²) in [6.07, 6.45) is 2.27. The first-order valence-corrected chi connectivity index (χ1v) is 12.0. The number of halogens is 1. The van der Waals surface area contributed by atoms with Gasteiger partial charge in [-0.2, -0.15) is 0 Å². The van der Waals surface area contributed by atoms with Gasteiger partial charge in [0.25, 0.3) is 5.91 Å². The summed E-state index contributed by atoms with van der Waals surface area (Å²) < 4.78 is 22.0. The summed E-state index contributed by atoms with van der Waals surface area (Å²) in [5.41, 5.74) is 1.31. The van der Waals surface area contributed by atoms with Crippen molar-refractivity contribution < 1.29 is 23.5 Å². The van der Waals surface area contributed by atoms with Crippen LogP contribution in [-0.4, -0.2) is 83.2 Å². The van der Waals surface area contributed by atoms with Crippen molar-refractivity contribution in [1.82, 2.24) is 25.2 Å². The van der Waals surface area contributed by atoms with Crippen molar-refractivity contribution in [1.29, 1.82) is 0 Å². The van der Waals surface area contributed by atoms with Gasteiger partial charge in [-0.25, -0.2) is 13.9 Å². The van der Waals surface area contributed by atoms with E-state index in [1.807, 2.05) is 11.0 Å². The molecule has 5 rings (SSSR count). The zero-order valence-corrected chi connectivity index (χ0v) is 20.0. The Hall–Kier alpha value is -4.48. The summed E-state index contributed by atoms with van der Waals surface area (Å²) in [7, 11) is 0. The number of benzene rings is 2. The number of cyclic esters (lactones) is 1. The van der Waals surface area contributed by atoms with Crippen LogP contribution in [0.1, 0.15) is 10.4 Å². The van der Waals surface area contributed by atoms with Crippen molar-refractivity contribution in [3.05, 3.63) is 72.3 Å². The third-order valence-corrected chi connectivity index (χ3v) is 6.39. The van der Waals surface area contributed by atoms with E-state index >= 15 is 4.39 Å². The second kappa shape index (κ2) is 10.6. The number of nitrogens with one attached hydrogen (secondary N) is 1. The molecule has 2 aromatic carbocycles. The normalized spacial score (nSPS) is 17.6. The highest BCUT2D eigenvalue weighted by Gasteiger charge is 2.33. The van der Waals surface area contributed by atoms with Crippen LogP contribution in [0.15, 0.2) is 60.9 Å². The van der Waals surface area contributed by atoms with Crippen molar-refractivity contribution in [3.63, 3.8) is 0 Å². The number of hydrogen-bond acceptors (Lipinski definition) is 7. The molecule has 3 heterocycles. The molecule has 3 amide bonds. The van der Waals surface area contributed by atoms with Gasteiger partial charge in [-0.05, 0) is 30.3 Å². The molecule has 0 saturated carbocycles. The lowest BCUT2D eigenvalue weighted by Gasteiger charge is -2.36. The Labute approximate surface area is 212 Å². The Kier molecular flexibility index (Phi) is 6.97. The molecule has 192 valence electrons. The fraction of sp³-hybridized carbons (Fsp3) is 0.320. The van der Waals surface area contributed by atoms with Crippen LogP contribution in [0.25, 0.3) is 0 Å². The molecule has 0 radical (unpaired) electrons. The highest BCUT2D eigenvalue weighted by molar-refractivity contribution is 5.96. The SMILES string of the molecule is O=C(NCC(=O)N1CCN(c2ccc(N3C[C@H](Cn4ccnn4)OC3=O)cc2F)CC1)c1ccccc1. The van der Waals surface area contributed by atoms with Gasteiger partial charge in [0.15, 0.2) is 0 Å². The monoisotopic (exact) mass is 507 g/mol. The van der Waals surface area contributed by atoms with E-state index in [2.05, 4.69) is 15.6 Å². The number of aromatic nitrogens is 3. The van der Waals surface area contributed by atoms with Gasteiger partial charge in [-0.1, -0.05) is 23.4 Å². The lowest BCUT2D eigenvalue weighted by atomic mass is 10.2. The van der Waals surface area contributed by atoms with Gasteiger partial charge in [-0.3, -0.25) is 14.5 Å². The number of anilines is 2. The summed E-state index contributed by atoms with van der Waals surface area (Å²) >= 11 is 0. The first kappa shape index (κ1) is 24.2. The Balaban J connectivity index is 1.13. The molecule has 3 aromatic rings. The van der Waals surface area contributed by atoms with Crippen molar-refractivity contribution in [2.24, 2.45) is 0 Å². The Bertz CT molecular complexity index is 1260. The van der Waals surface area contributed by atoms with E-state index in [1.54, 1.807) is 58.4 Å². The van der Waals surface area contributed by atoms with Crippen molar-refractivity contribution in [2.75, 3.05) is 49.1 Å². The van der Waals surface area contributed by atoms with Gasteiger partial charge < -0.3 is 19.9 Å². The minimum Gasteiger partial charge on any atom is -0.442 e. The number of carbonyl (C=O) groups excluding carboxylic acids is 3. The lowest BCUT2D eigenvalue weighted by molar-refractivity contribution is -0.130. The number of nitrogens with zero attached hydrogens (tertiary/aromatic N) is 6. The zero-order chi connectivity index (χ0) is 25.8. The van der Waals surface area contributed by atoms with Crippen LogP contribution in [0, 0.1) is 5.82 Å². The highest BCUT2D eigenvalue weighted by Crippen LogP contribution is 2.28. The quantitative estimate of drug-likeness (QED) is 0.516. The standard InChI is InChI=1S/C25H26FN7O4/c26-21-14-19(33-17-20(37-25(33)36)16-32-9-8-28-29-32)6-7-22(21)30-10-12-31(13-11-30)23(34)15-27-24(35)18-4-2-1-3-5-18/h1-9,14,20H,10-13,15-17H2,(H,27,35)/t20-/m0/s1. The lowest BCUT2D eigenvalue weighted by Crippen LogP contribution is -2.51. The molecule has 1 atom stereocenters. The van der Waals surface area contributed by atoms with E-state index in [9.17, 15) is 14.4 Å². The molecule has 0 spiro atoms. The first-order valence-electron chi connectivity index (χ1n) is 12.0. The molecule has 0 aliphatic carbocycles. The van der Waals surface area contributed by atoms with E-state index in [-0.39, 0.29) is 24.9 Å². The smallest absolute Gasteiger partial charge is 0.414 e. The number of ether oxygens (including phenoxy) is 1. The van der Waals surface area contributed by atoms with Crippen LogP contribution in [0.4, 0.5) is 20.6 Å². The average molecular weight is 508 g/mol. The topological polar surface area (TPSA) is 113 Å². The van der Waals surface area contributed by atoms with Crippen LogP contribution in [0.5, 0.6) is 0 Å². The maximum Gasteiger partial charge on any atom is 0.414 e. The summed E-state index contributed by atoms with van der Waals surface area (Å²) in [5.74, 6) is -0.950. The Morgan fingerprint density at radius 2 is 1.86 bits per heavy atom. The van der Waals surface area contributed by atoms with Crippen LogP contribution in [0.2, 0.25) is 0 Å². The van der Waals surface area contributed by atoms with Gasteiger partial charge in [-0.15, -0.1) is 5.10 Å². The molecule has 1 aromatic heterocycles. The summed E-state index contributed by atoms with van der Waals surface area (Å²) in [6.45, 7) is 2.25. The van der Waals surface area contributed by atoms with Gasteiger partial charge in [0, 0.05) is 37.9 Å². The number of amides is 3. The van der Waals surface area contributed by atoms with Gasteiger partial charge >= 0.3 is 6.09 Å². The molecule has 2 fully saturated rings. The second-order valence-corrected chi connectivity index (χ2v) is 8.79.